The highest BCUT2D eigenvalue weighted by molar-refractivity contribution is 5.76. The van der Waals surface area contributed by atoms with E-state index >= 15 is 0 Å². The monoisotopic (exact) mass is 284 g/mol. The van der Waals surface area contributed by atoms with E-state index in [1.165, 1.54) is 26.4 Å². The van der Waals surface area contributed by atoms with Crippen molar-refractivity contribution in [2.24, 2.45) is 0 Å². The Balaban J connectivity index is 2.26. The standard InChI is InChI=1S/C15H28N2O3/c1-3-10-17(12-15(19)20-2)11-9-14(18)16-13-7-5-4-6-8-13/h13H,3-12H2,1-2H3,(H,16,18). The van der Waals surface area contributed by atoms with Crippen LogP contribution in [-0.4, -0.2) is 49.6 Å². The molecule has 1 aliphatic carbocycles. The summed E-state index contributed by atoms with van der Waals surface area (Å²) in [6, 6.07) is 0.358. The molecule has 0 aliphatic heterocycles. The quantitative estimate of drug-likeness (QED) is 0.689. The minimum atomic E-state index is -0.244. The summed E-state index contributed by atoms with van der Waals surface area (Å²) in [5.74, 6) is -0.144. The zero-order valence-corrected chi connectivity index (χ0v) is 12.8. The van der Waals surface area contributed by atoms with E-state index in [9.17, 15) is 9.59 Å². The number of methoxy groups -OCH3 is 1. The molecule has 1 saturated carbocycles. The maximum Gasteiger partial charge on any atom is 0.319 e. The number of carbonyl (C=O) groups excluding carboxylic acids is 2. The fourth-order valence-corrected chi connectivity index (χ4v) is 2.64. The first-order valence-corrected chi connectivity index (χ1v) is 7.74. The lowest BCUT2D eigenvalue weighted by Crippen LogP contribution is -2.39. The second kappa shape index (κ2) is 9.75. The average molecular weight is 284 g/mol. The predicted molar refractivity (Wildman–Crippen MR) is 78.4 cm³/mol. The van der Waals surface area contributed by atoms with Gasteiger partial charge in [0.2, 0.25) is 5.91 Å². The summed E-state index contributed by atoms with van der Waals surface area (Å²) in [6.07, 6.45) is 7.34. The zero-order valence-electron chi connectivity index (χ0n) is 12.8. The molecule has 0 atom stereocenters. The highest BCUT2D eigenvalue weighted by Gasteiger charge is 2.17. The average Bonchev–Trinajstić information content (AvgIpc) is 2.46. The second-order valence-electron chi connectivity index (χ2n) is 5.50. The van der Waals surface area contributed by atoms with Crippen molar-refractivity contribution in [3.05, 3.63) is 0 Å². The SMILES string of the molecule is CCCN(CCC(=O)NC1CCCCC1)CC(=O)OC. The molecule has 0 unspecified atom stereocenters. The van der Waals surface area contributed by atoms with E-state index in [-0.39, 0.29) is 18.4 Å². The Kier molecular flexibility index (Phi) is 8.26. The third-order valence-corrected chi connectivity index (χ3v) is 3.75. The second-order valence-corrected chi connectivity index (χ2v) is 5.50. The van der Waals surface area contributed by atoms with Crippen molar-refractivity contribution >= 4 is 11.9 Å². The smallest absolute Gasteiger partial charge is 0.319 e. The van der Waals surface area contributed by atoms with Crippen molar-refractivity contribution in [3.63, 3.8) is 0 Å². The van der Waals surface area contributed by atoms with Gasteiger partial charge in [0, 0.05) is 19.0 Å². The van der Waals surface area contributed by atoms with E-state index in [4.69, 9.17) is 0 Å². The van der Waals surface area contributed by atoms with E-state index in [1.807, 2.05) is 4.90 Å². The van der Waals surface area contributed by atoms with Crippen LogP contribution in [0.3, 0.4) is 0 Å². The number of hydrogen-bond acceptors (Lipinski definition) is 4. The molecule has 0 aromatic heterocycles. The molecule has 0 bridgehead atoms. The molecule has 1 N–H and O–H groups in total. The van der Waals surface area contributed by atoms with Gasteiger partial charge in [0.1, 0.15) is 0 Å². The molecule has 1 fully saturated rings. The maximum atomic E-state index is 11.9. The van der Waals surface area contributed by atoms with Crippen molar-refractivity contribution in [1.29, 1.82) is 0 Å². The first-order chi connectivity index (χ1) is 9.65. The highest BCUT2D eigenvalue weighted by atomic mass is 16.5. The summed E-state index contributed by atoms with van der Waals surface area (Å²) >= 11 is 0. The fourth-order valence-electron chi connectivity index (χ4n) is 2.64. The molecular formula is C15H28N2O3. The molecule has 0 spiro atoms. The summed E-state index contributed by atoms with van der Waals surface area (Å²) in [6.45, 7) is 3.75. The number of nitrogens with one attached hydrogen (secondary N) is 1. The Morgan fingerprint density at radius 3 is 2.50 bits per heavy atom. The van der Waals surface area contributed by atoms with Crippen LogP contribution >= 0.6 is 0 Å². The van der Waals surface area contributed by atoms with Gasteiger partial charge < -0.3 is 10.1 Å². The van der Waals surface area contributed by atoms with Crippen molar-refractivity contribution in [2.45, 2.75) is 57.9 Å². The molecule has 116 valence electrons. The Labute approximate surface area is 122 Å². The first-order valence-electron chi connectivity index (χ1n) is 7.74. The number of carbonyl (C=O) groups is 2. The molecule has 0 aromatic rings. The van der Waals surface area contributed by atoms with Crippen molar-refractivity contribution in [3.8, 4) is 0 Å². The molecule has 20 heavy (non-hydrogen) atoms. The van der Waals surface area contributed by atoms with Crippen LogP contribution in [0.4, 0.5) is 0 Å². The van der Waals surface area contributed by atoms with Crippen molar-refractivity contribution < 1.29 is 14.3 Å². The lowest BCUT2D eigenvalue weighted by atomic mass is 9.95. The molecule has 0 radical (unpaired) electrons. The van der Waals surface area contributed by atoms with Crippen LogP contribution in [0.5, 0.6) is 0 Å². The molecule has 1 rings (SSSR count). The van der Waals surface area contributed by atoms with E-state index in [2.05, 4.69) is 17.0 Å². The Morgan fingerprint density at radius 1 is 1.20 bits per heavy atom. The van der Waals surface area contributed by atoms with E-state index < -0.39 is 0 Å². The lowest BCUT2D eigenvalue weighted by Gasteiger charge is -2.24. The van der Waals surface area contributed by atoms with Gasteiger partial charge >= 0.3 is 5.97 Å². The minimum Gasteiger partial charge on any atom is -0.468 e. The van der Waals surface area contributed by atoms with Crippen LogP contribution < -0.4 is 5.32 Å². The van der Waals surface area contributed by atoms with Crippen molar-refractivity contribution in [1.82, 2.24) is 10.2 Å². The van der Waals surface area contributed by atoms with Crippen LogP contribution in [0.15, 0.2) is 0 Å². The Bertz CT molecular complexity index is 301. The van der Waals surface area contributed by atoms with E-state index in [1.54, 1.807) is 0 Å². The molecular weight excluding hydrogens is 256 g/mol. The molecule has 1 amide bonds. The number of nitrogens with zero attached hydrogens (tertiary/aromatic N) is 1. The third-order valence-electron chi connectivity index (χ3n) is 3.75. The van der Waals surface area contributed by atoms with E-state index in [0.717, 1.165) is 25.8 Å². The predicted octanol–water partition coefficient (Wildman–Crippen LogP) is 1.71. The number of rotatable bonds is 8. The van der Waals surface area contributed by atoms with Gasteiger partial charge in [0.15, 0.2) is 0 Å². The van der Waals surface area contributed by atoms with Crippen LogP contribution in [0.1, 0.15) is 51.9 Å². The van der Waals surface area contributed by atoms with Crippen LogP contribution in [0.2, 0.25) is 0 Å². The number of amides is 1. The first kappa shape index (κ1) is 17.0. The zero-order chi connectivity index (χ0) is 14.8. The van der Waals surface area contributed by atoms with Gasteiger partial charge in [-0.05, 0) is 25.8 Å². The molecule has 0 saturated heterocycles. The van der Waals surface area contributed by atoms with Gasteiger partial charge in [0.05, 0.1) is 13.7 Å². The minimum absolute atomic E-state index is 0.0999. The summed E-state index contributed by atoms with van der Waals surface area (Å²) in [5, 5.41) is 3.10. The number of hydrogen-bond donors (Lipinski definition) is 1. The van der Waals surface area contributed by atoms with Gasteiger partial charge in [-0.25, -0.2) is 0 Å². The van der Waals surface area contributed by atoms with Crippen LogP contribution in [-0.2, 0) is 14.3 Å². The summed E-state index contributed by atoms with van der Waals surface area (Å²) in [4.78, 5) is 25.2. The highest BCUT2D eigenvalue weighted by Crippen LogP contribution is 2.17. The molecule has 1 aliphatic rings. The van der Waals surface area contributed by atoms with Gasteiger partial charge in [-0.2, -0.15) is 0 Å². The Hall–Kier alpha value is -1.10. The lowest BCUT2D eigenvalue weighted by molar-refractivity contribution is -0.142. The maximum absolute atomic E-state index is 11.9. The molecule has 5 nitrogen and oxygen atoms in total. The largest absolute Gasteiger partial charge is 0.468 e. The summed E-state index contributed by atoms with van der Waals surface area (Å²) in [7, 11) is 1.39. The van der Waals surface area contributed by atoms with Gasteiger partial charge in [-0.3, -0.25) is 14.5 Å². The van der Waals surface area contributed by atoms with Gasteiger partial charge in [0.25, 0.3) is 0 Å². The molecule has 0 heterocycles. The molecule has 0 aromatic carbocycles. The topological polar surface area (TPSA) is 58.6 Å². The summed E-state index contributed by atoms with van der Waals surface area (Å²) < 4.78 is 4.67. The van der Waals surface area contributed by atoms with Crippen LogP contribution in [0.25, 0.3) is 0 Å². The normalized spacial score (nSPS) is 16.1. The fraction of sp³-hybridized carbons (Fsp3) is 0.867. The van der Waals surface area contributed by atoms with Gasteiger partial charge in [-0.15, -0.1) is 0 Å². The number of esters is 1. The van der Waals surface area contributed by atoms with Crippen molar-refractivity contribution in [2.75, 3.05) is 26.7 Å². The Morgan fingerprint density at radius 2 is 1.90 bits per heavy atom. The van der Waals surface area contributed by atoms with Crippen LogP contribution in [0, 0.1) is 0 Å². The third kappa shape index (κ3) is 6.89. The summed E-state index contributed by atoms with van der Waals surface area (Å²) in [5.41, 5.74) is 0. The molecule has 5 heteroatoms. The number of ether oxygens (including phenoxy) is 1. The van der Waals surface area contributed by atoms with E-state index in [0.29, 0.717) is 19.0 Å². The van der Waals surface area contributed by atoms with Gasteiger partial charge in [-0.1, -0.05) is 26.2 Å².